The molecule has 7 heteroatoms. The van der Waals surface area contributed by atoms with E-state index in [1.165, 1.54) is 30.7 Å². The number of hydrogen-bond acceptors (Lipinski definition) is 4. The summed E-state index contributed by atoms with van der Waals surface area (Å²) in [5, 5.41) is 12.4. The van der Waals surface area contributed by atoms with Crippen molar-refractivity contribution < 1.29 is 9.18 Å². The van der Waals surface area contributed by atoms with Crippen LogP contribution in [-0.4, -0.2) is 32.5 Å². The lowest BCUT2D eigenvalue weighted by Gasteiger charge is -2.34. The van der Waals surface area contributed by atoms with Gasteiger partial charge in [0.15, 0.2) is 11.0 Å². The summed E-state index contributed by atoms with van der Waals surface area (Å²) in [7, 11) is 0. The van der Waals surface area contributed by atoms with Crippen LogP contribution in [0.2, 0.25) is 0 Å². The molecule has 1 amide bonds. The maximum absolute atomic E-state index is 14.2. The van der Waals surface area contributed by atoms with Crippen molar-refractivity contribution in [3.8, 4) is 11.4 Å². The molecule has 2 aliphatic carbocycles. The van der Waals surface area contributed by atoms with Gasteiger partial charge in [0.05, 0.1) is 11.3 Å². The Morgan fingerprint density at radius 1 is 1.21 bits per heavy atom. The zero-order valence-corrected chi connectivity index (χ0v) is 17.2. The molecule has 4 rings (SSSR count). The van der Waals surface area contributed by atoms with Crippen LogP contribution in [0.25, 0.3) is 11.4 Å². The fourth-order valence-corrected chi connectivity index (χ4v) is 4.84. The average molecular weight is 403 g/mol. The number of benzene rings is 1. The van der Waals surface area contributed by atoms with Crippen LogP contribution in [0.1, 0.15) is 52.0 Å². The summed E-state index contributed by atoms with van der Waals surface area (Å²) >= 11 is 1.39. The van der Waals surface area contributed by atoms with Crippen LogP contribution in [-0.2, 0) is 4.79 Å². The van der Waals surface area contributed by atoms with Gasteiger partial charge >= 0.3 is 0 Å². The van der Waals surface area contributed by atoms with Crippen molar-refractivity contribution >= 4 is 17.7 Å². The molecule has 2 aromatic rings. The molecule has 0 spiro atoms. The van der Waals surface area contributed by atoms with Crippen LogP contribution in [0.15, 0.2) is 29.4 Å². The van der Waals surface area contributed by atoms with E-state index < -0.39 is 0 Å². The quantitative estimate of drug-likeness (QED) is 0.725. The smallest absolute Gasteiger partial charge is 0.230 e. The molecule has 28 heavy (non-hydrogen) atoms. The molecule has 0 radical (unpaired) electrons. The Bertz CT molecular complexity index is 851. The average Bonchev–Trinajstić information content (AvgIpc) is 3.44. The molecule has 0 aliphatic heterocycles. The predicted molar refractivity (Wildman–Crippen MR) is 109 cm³/mol. The molecule has 1 heterocycles. The third kappa shape index (κ3) is 4.09. The van der Waals surface area contributed by atoms with E-state index in [9.17, 15) is 9.18 Å². The van der Waals surface area contributed by atoms with Crippen molar-refractivity contribution in [2.24, 2.45) is 11.8 Å². The van der Waals surface area contributed by atoms with Gasteiger partial charge in [-0.25, -0.2) is 4.39 Å². The highest BCUT2D eigenvalue weighted by atomic mass is 32.2. The summed E-state index contributed by atoms with van der Waals surface area (Å²) in [4.78, 5) is 12.5. The van der Waals surface area contributed by atoms with Crippen LogP contribution in [0.4, 0.5) is 4.39 Å². The van der Waals surface area contributed by atoms with E-state index in [1.807, 2.05) is 4.57 Å². The third-order valence-corrected chi connectivity index (χ3v) is 7.02. The van der Waals surface area contributed by atoms with Gasteiger partial charge in [0.25, 0.3) is 0 Å². The largest absolute Gasteiger partial charge is 0.352 e. The number of thioether (sulfide) groups is 1. The van der Waals surface area contributed by atoms with E-state index in [-0.39, 0.29) is 17.8 Å². The molecule has 2 fully saturated rings. The normalized spacial score (nSPS) is 24.9. The molecular weight excluding hydrogens is 375 g/mol. The van der Waals surface area contributed by atoms with Crippen molar-refractivity contribution in [1.82, 2.24) is 20.1 Å². The van der Waals surface area contributed by atoms with E-state index >= 15 is 0 Å². The van der Waals surface area contributed by atoms with E-state index in [0.717, 1.165) is 19.3 Å². The van der Waals surface area contributed by atoms with Gasteiger partial charge in [0.2, 0.25) is 5.91 Å². The maximum atomic E-state index is 14.2. The second kappa shape index (κ2) is 8.23. The summed E-state index contributed by atoms with van der Waals surface area (Å²) in [6.07, 6.45) is 5.54. The molecular formula is C21H27FN4OS. The van der Waals surface area contributed by atoms with Crippen molar-refractivity contribution in [2.75, 3.05) is 5.75 Å². The summed E-state index contributed by atoms with van der Waals surface area (Å²) in [6.45, 7) is 4.49. The minimum atomic E-state index is -0.300. The highest BCUT2D eigenvalue weighted by Crippen LogP contribution is 2.41. The summed E-state index contributed by atoms with van der Waals surface area (Å²) < 4.78 is 16.2. The molecule has 0 saturated heterocycles. The molecule has 2 aliphatic rings. The summed E-state index contributed by atoms with van der Waals surface area (Å²) in [5.41, 5.74) is 0.461. The molecule has 1 aromatic carbocycles. The Morgan fingerprint density at radius 3 is 2.75 bits per heavy atom. The molecule has 1 N–H and O–H groups in total. The first-order valence-electron chi connectivity index (χ1n) is 10.2. The molecule has 3 atom stereocenters. The second-order valence-corrected chi connectivity index (χ2v) is 9.06. The fraction of sp³-hybridized carbons (Fsp3) is 0.571. The molecule has 0 unspecified atom stereocenters. The van der Waals surface area contributed by atoms with E-state index in [0.29, 0.717) is 40.2 Å². The minimum absolute atomic E-state index is 0.0359. The van der Waals surface area contributed by atoms with Crippen LogP contribution in [0.5, 0.6) is 0 Å². The van der Waals surface area contributed by atoms with Crippen LogP contribution >= 0.6 is 11.8 Å². The number of rotatable bonds is 6. The van der Waals surface area contributed by atoms with Crippen molar-refractivity contribution in [1.29, 1.82) is 0 Å². The number of halogens is 1. The Balaban J connectivity index is 1.44. The van der Waals surface area contributed by atoms with E-state index in [2.05, 4.69) is 29.4 Å². The van der Waals surface area contributed by atoms with E-state index in [1.54, 1.807) is 18.2 Å². The Kier molecular flexibility index (Phi) is 5.71. The predicted octanol–water partition coefficient (Wildman–Crippen LogP) is 4.45. The number of carbonyl (C=O) groups excluding carboxylic acids is 1. The maximum Gasteiger partial charge on any atom is 0.230 e. The number of amides is 1. The summed E-state index contributed by atoms with van der Waals surface area (Å²) in [5.74, 6) is 1.75. The number of hydrogen-bond donors (Lipinski definition) is 1. The molecule has 2 saturated carbocycles. The van der Waals surface area contributed by atoms with Crippen LogP contribution < -0.4 is 5.32 Å². The monoisotopic (exact) mass is 402 g/mol. The third-order valence-electron chi connectivity index (χ3n) is 6.08. The zero-order valence-electron chi connectivity index (χ0n) is 16.4. The lowest BCUT2D eigenvalue weighted by atomic mass is 9.78. The fourth-order valence-electron chi connectivity index (χ4n) is 4.03. The number of carbonyl (C=O) groups is 1. The van der Waals surface area contributed by atoms with Crippen molar-refractivity contribution in [2.45, 2.75) is 63.2 Å². The summed E-state index contributed by atoms with van der Waals surface area (Å²) in [6, 6.07) is 7.20. The van der Waals surface area contributed by atoms with Gasteiger partial charge in [-0.15, -0.1) is 10.2 Å². The van der Waals surface area contributed by atoms with Gasteiger partial charge in [0.1, 0.15) is 5.82 Å². The minimum Gasteiger partial charge on any atom is -0.352 e. The van der Waals surface area contributed by atoms with Gasteiger partial charge < -0.3 is 5.32 Å². The molecule has 150 valence electrons. The lowest BCUT2D eigenvalue weighted by Crippen LogP contribution is -2.44. The molecule has 5 nitrogen and oxygen atoms in total. The van der Waals surface area contributed by atoms with Crippen LogP contribution in [0, 0.1) is 17.7 Å². The Morgan fingerprint density at radius 2 is 2.00 bits per heavy atom. The first kappa shape index (κ1) is 19.4. The Labute approximate surface area is 169 Å². The van der Waals surface area contributed by atoms with E-state index in [4.69, 9.17) is 0 Å². The molecule has 0 bridgehead atoms. The number of aromatic nitrogens is 3. The van der Waals surface area contributed by atoms with Gasteiger partial charge in [-0.3, -0.25) is 9.36 Å². The van der Waals surface area contributed by atoms with Crippen LogP contribution in [0.3, 0.4) is 0 Å². The van der Waals surface area contributed by atoms with Crippen molar-refractivity contribution in [3.63, 3.8) is 0 Å². The standard InChI is InChI=1S/C21H27FN4OS/c1-13-6-5-9-18(14(13)2)23-19(27)12-28-21-25-24-20(26(21)15-10-11-15)16-7-3-4-8-17(16)22/h3-4,7-8,13-15,18H,5-6,9-12H2,1-2H3,(H,23,27)/t13-,14+,18-/m0/s1. The van der Waals surface area contributed by atoms with Crippen molar-refractivity contribution in [3.05, 3.63) is 30.1 Å². The van der Waals surface area contributed by atoms with Gasteiger partial charge in [-0.2, -0.15) is 0 Å². The first-order valence-corrected chi connectivity index (χ1v) is 11.1. The van der Waals surface area contributed by atoms with Gasteiger partial charge in [0, 0.05) is 12.1 Å². The number of nitrogens with one attached hydrogen (secondary N) is 1. The number of nitrogens with zero attached hydrogens (tertiary/aromatic N) is 3. The molecule has 1 aromatic heterocycles. The lowest BCUT2D eigenvalue weighted by molar-refractivity contribution is -0.120. The highest BCUT2D eigenvalue weighted by Gasteiger charge is 2.32. The van der Waals surface area contributed by atoms with Gasteiger partial charge in [-0.1, -0.05) is 50.6 Å². The Hall–Kier alpha value is -1.89. The first-order chi connectivity index (χ1) is 13.5. The SMILES string of the molecule is C[C@H]1[C@@H](NC(=O)CSc2nnc(-c3ccccc3F)n2C2CC2)CCC[C@@H]1C. The second-order valence-electron chi connectivity index (χ2n) is 8.12. The topological polar surface area (TPSA) is 59.8 Å². The van der Waals surface area contributed by atoms with Gasteiger partial charge in [-0.05, 0) is 43.2 Å². The highest BCUT2D eigenvalue weighted by molar-refractivity contribution is 7.99. The zero-order chi connectivity index (χ0) is 19.7.